The van der Waals surface area contributed by atoms with Crippen molar-refractivity contribution in [1.82, 2.24) is 10.3 Å². The van der Waals surface area contributed by atoms with Crippen LogP contribution in [-0.2, 0) is 11.3 Å². The van der Waals surface area contributed by atoms with Crippen LogP contribution < -0.4 is 11.1 Å². The van der Waals surface area contributed by atoms with Crippen molar-refractivity contribution in [1.29, 1.82) is 0 Å². The van der Waals surface area contributed by atoms with Crippen LogP contribution in [0.15, 0.2) is 35.7 Å². The minimum atomic E-state index is -0.984. The molecular weight excluding hydrogens is 290 g/mol. The van der Waals surface area contributed by atoms with Crippen LogP contribution in [0.3, 0.4) is 0 Å². The van der Waals surface area contributed by atoms with Gasteiger partial charge in [0.15, 0.2) is 0 Å². The zero-order valence-corrected chi connectivity index (χ0v) is 12.0. The molecule has 0 fully saturated rings. The SMILES string of the molecule is NCc1nc(C(=O)NCC(C(=O)O)c2ccccc2)cs1. The van der Waals surface area contributed by atoms with E-state index in [0.717, 1.165) is 0 Å². The molecule has 0 saturated heterocycles. The molecule has 110 valence electrons. The molecule has 0 aliphatic carbocycles. The number of carboxylic acids is 1. The van der Waals surface area contributed by atoms with Crippen LogP contribution in [-0.4, -0.2) is 28.5 Å². The van der Waals surface area contributed by atoms with E-state index in [9.17, 15) is 14.7 Å². The molecule has 0 bridgehead atoms. The first kappa shape index (κ1) is 15.1. The van der Waals surface area contributed by atoms with Gasteiger partial charge in [-0.05, 0) is 5.56 Å². The zero-order chi connectivity index (χ0) is 15.2. The summed E-state index contributed by atoms with van der Waals surface area (Å²) in [6, 6.07) is 8.79. The fraction of sp³-hybridized carbons (Fsp3) is 0.214. The van der Waals surface area contributed by atoms with Crippen LogP contribution in [0.5, 0.6) is 0 Å². The molecule has 0 aliphatic heterocycles. The van der Waals surface area contributed by atoms with Gasteiger partial charge in [-0.25, -0.2) is 4.98 Å². The number of thiazole rings is 1. The normalized spacial score (nSPS) is 11.9. The molecule has 1 unspecified atom stereocenters. The van der Waals surface area contributed by atoms with Crippen molar-refractivity contribution in [3.05, 3.63) is 52.0 Å². The highest BCUT2D eigenvalue weighted by molar-refractivity contribution is 7.09. The summed E-state index contributed by atoms with van der Waals surface area (Å²) in [5.41, 5.74) is 6.35. The number of nitrogens with two attached hydrogens (primary N) is 1. The minimum Gasteiger partial charge on any atom is -0.481 e. The monoisotopic (exact) mass is 305 g/mol. The number of nitrogens with one attached hydrogen (secondary N) is 1. The number of rotatable bonds is 6. The van der Waals surface area contributed by atoms with Gasteiger partial charge in [-0.2, -0.15) is 0 Å². The van der Waals surface area contributed by atoms with Crippen LogP contribution in [0.1, 0.15) is 27.0 Å². The Morgan fingerprint density at radius 2 is 2.05 bits per heavy atom. The number of benzene rings is 1. The van der Waals surface area contributed by atoms with Gasteiger partial charge in [-0.15, -0.1) is 11.3 Å². The molecule has 1 heterocycles. The second kappa shape index (κ2) is 6.96. The first-order valence-corrected chi connectivity index (χ1v) is 7.20. The second-order valence-electron chi connectivity index (χ2n) is 4.34. The Hall–Kier alpha value is -2.25. The predicted octanol–water partition coefficient (Wildman–Crippen LogP) is 1.20. The Morgan fingerprint density at radius 3 is 2.62 bits per heavy atom. The number of carbonyl (C=O) groups is 2. The van der Waals surface area contributed by atoms with Crippen LogP contribution in [0.2, 0.25) is 0 Å². The topological polar surface area (TPSA) is 105 Å². The Morgan fingerprint density at radius 1 is 1.33 bits per heavy atom. The standard InChI is InChI=1S/C14H15N3O3S/c15-6-12-17-11(8-21-12)13(18)16-7-10(14(19)20)9-4-2-1-3-5-9/h1-5,8,10H,6-7,15H2,(H,16,18)(H,19,20). The van der Waals surface area contributed by atoms with Crippen molar-refractivity contribution in [2.45, 2.75) is 12.5 Å². The smallest absolute Gasteiger partial charge is 0.312 e. The lowest BCUT2D eigenvalue weighted by atomic mass is 9.99. The molecule has 0 spiro atoms. The van der Waals surface area contributed by atoms with Crippen molar-refractivity contribution in [3.8, 4) is 0 Å². The van der Waals surface area contributed by atoms with Gasteiger partial charge in [0.25, 0.3) is 5.91 Å². The van der Waals surface area contributed by atoms with E-state index < -0.39 is 17.8 Å². The van der Waals surface area contributed by atoms with E-state index in [2.05, 4.69) is 10.3 Å². The van der Waals surface area contributed by atoms with Crippen molar-refractivity contribution < 1.29 is 14.7 Å². The number of aliphatic carboxylic acids is 1. The summed E-state index contributed by atoms with van der Waals surface area (Å²) in [6.45, 7) is 0.285. The van der Waals surface area contributed by atoms with Gasteiger partial charge >= 0.3 is 5.97 Å². The van der Waals surface area contributed by atoms with Gasteiger partial charge in [-0.1, -0.05) is 30.3 Å². The Kier molecular flexibility index (Phi) is 5.02. The van der Waals surface area contributed by atoms with Gasteiger partial charge < -0.3 is 16.2 Å². The maximum atomic E-state index is 11.9. The van der Waals surface area contributed by atoms with Crippen molar-refractivity contribution >= 4 is 23.2 Å². The maximum absolute atomic E-state index is 11.9. The van der Waals surface area contributed by atoms with E-state index in [1.165, 1.54) is 11.3 Å². The molecule has 1 aromatic heterocycles. The third-order valence-corrected chi connectivity index (χ3v) is 3.80. The number of hydrogen-bond acceptors (Lipinski definition) is 5. The Bertz CT molecular complexity index is 627. The molecular formula is C14H15N3O3S. The number of hydrogen-bond donors (Lipinski definition) is 3. The van der Waals surface area contributed by atoms with E-state index in [0.29, 0.717) is 10.6 Å². The summed E-state index contributed by atoms with van der Waals surface area (Å²) in [6.07, 6.45) is 0. The van der Waals surface area contributed by atoms with Crippen LogP contribution in [0.25, 0.3) is 0 Å². The summed E-state index contributed by atoms with van der Waals surface area (Å²) < 4.78 is 0. The van der Waals surface area contributed by atoms with Crippen molar-refractivity contribution in [2.24, 2.45) is 5.73 Å². The van der Waals surface area contributed by atoms with E-state index in [1.54, 1.807) is 29.6 Å². The fourth-order valence-electron chi connectivity index (χ4n) is 1.83. The molecule has 21 heavy (non-hydrogen) atoms. The lowest BCUT2D eigenvalue weighted by Gasteiger charge is -2.13. The van der Waals surface area contributed by atoms with E-state index in [-0.39, 0.29) is 18.8 Å². The fourth-order valence-corrected chi connectivity index (χ4v) is 2.48. The molecule has 1 aromatic carbocycles. The average molecular weight is 305 g/mol. The van der Waals surface area contributed by atoms with Crippen LogP contribution in [0.4, 0.5) is 0 Å². The highest BCUT2D eigenvalue weighted by Gasteiger charge is 2.21. The van der Waals surface area contributed by atoms with Crippen molar-refractivity contribution in [2.75, 3.05) is 6.54 Å². The number of carboxylic acid groups (broad SMARTS) is 1. The predicted molar refractivity (Wildman–Crippen MR) is 79.2 cm³/mol. The Balaban J connectivity index is 2.02. The second-order valence-corrected chi connectivity index (χ2v) is 5.28. The summed E-state index contributed by atoms with van der Waals surface area (Å²) in [7, 11) is 0. The molecule has 0 aliphatic rings. The largest absolute Gasteiger partial charge is 0.481 e. The summed E-state index contributed by atoms with van der Waals surface area (Å²) >= 11 is 1.30. The van der Waals surface area contributed by atoms with E-state index in [4.69, 9.17) is 5.73 Å². The van der Waals surface area contributed by atoms with Crippen LogP contribution >= 0.6 is 11.3 Å². The number of nitrogens with zero attached hydrogens (tertiary/aromatic N) is 1. The summed E-state index contributed by atoms with van der Waals surface area (Å²) in [5, 5.41) is 14.1. The Labute approximate surface area is 125 Å². The molecule has 6 nitrogen and oxygen atoms in total. The highest BCUT2D eigenvalue weighted by Crippen LogP contribution is 2.15. The molecule has 1 atom stereocenters. The van der Waals surface area contributed by atoms with Gasteiger partial charge in [0.1, 0.15) is 10.7 Å². The molecule has 2 rings (SSSR count). The zero-order valence-electron chi connectivity index (χ0n) is 11.2. The lowest BCUT2D eigenvalue weighted by Crippen LogP contribution is -2.31. The first-order valence-electron chi connectivity index (χ1n) is 6.32. The molecule has 4 N–H and O–H groups in total. The molecule has 1 amide bonds. The van der Waals surface area contributed by atoms with Crippen LogP contribution in [0, 0.1) is 0 Å². The van der Waals surface area contributed by atoms with Crippen molar-refractivity contribution in [3.63, 3.8) is 0 Å². The van der Waals surface area contributed by atoms with Gasteiger partial charge in [-0.3, -0.25) is 9.59 Å². The molecule has 7 heteroatoms. The summed E-state index contributed by atoms with van der Waals surface area (Å²) in [4.78, 5) is 27.3. The average Bonchev–Trinajstić information content (AvgIpc) is 2.97. The lowest BCUT2D eigenvalue weighted by molar-refractivity contribution is -0.138. The maximum Gasteiger partial charge on any atom is 0.312 e. The first-order chi connectivity index (χ1) is 10.1. The van der Waals surface area contributed by atoms with Gasteiger partial charge in [0.05, 0.1) is 5.92 Å². The highest BCUT2D eigenvalue weighted by atomic mass is 32.1. The van der Waals surface area contributed by atoms with Gasteiger partial charge in [0.2, 0.25) is 0 Å². The van der Waals surface area contributed by atoms with Gasteiger partial charge in [0, 0.05) is 18.5 Å². The number of aromatic nitrogens is 1. The molecule has 0 radical (unpaired) electrons. The van der Waals surface area contributed by atoms with E-state index in [1.807, 2.05) is 6.07 Å². The third-order valence-electron chi connectivity index (χ3n) is 2.93. The van der Waals surface area contributed by atoms with E-state index >= 15 is 0 Å². The molecule has 2 aromatic rings. The number of carbonyl (C=O) groups excluding carboxylic acids is 1. The quantitative estimate of drug-likeness (QED) is 0.743. The number of amides is 1. The third kappa shape index (κ3) is 3.87. The summed E-state index contributed by atoms with van der Waals surface area (Å²) in [5.74, 6) is -2.17. The minimum absolute atomic E-state index is 0.00760. The molecule has 0 saturated carbocycles.